The first kappa shape index (κ1) is 21.8. The number of amides is 2. The number of piperidine rings is 1. The van der Waals surface area contributed by atoms with E-state index in [0.29, 0.717) is 17.6 Å². The predicted octanol–water partition coefficient (Wildman–Crippen LogP) is 3.49. The molecule has 2 aliphatic rings. The van der Waals surface area contributed by atoms with Gasteiger partial charge < -0.3 is 15.5 Å². The van der Waals surface area contributed by atoms with Gasteiger partial charge in [-0.05, 0) is 56.0 Å². The van der Waals surface area contributed by atoms with E-state index in [9.17, 15) is 14.0 Å². The third-order valence-electron chi connectivity index (χ3n) is 5.22. The van der Waals surface area contributed by atoms with Crippen molar-refractivity contribution in [2.24, 2.45) is 5.92 Å². The lowest BCUT2D eigenvalue weighted by Crippen LogP contribution is -2.44. The number of rotatable bonds is 7. The SMILES string of the molecule is O=C(CSc1ccc(N2CCCC(C(=O)NC3CC3)C2)nn1)Nc1ccc(Cl)cc1F. The van der Waals surface area contributed by atoms with E-state index in [0.717, 1.165) is 44.1 Å². The van der Waals surface area contributed by atoms with E-state index >= 15 is 0 Å². The molecule has 164 valence electrons. The van der Waals surface area contributed by atoms with Crippen molar-refractivity contribution in [2.75, 3.05) is 29.1 Å². The van der Waals surface area contributed by atoms with E-state index in [2.05, 4.69) is 25.7 Å². The summed E-state index contributed by atoms with van der Waals surface area (Å²) in [6.07, 6.45) is 3.99. The molecular formula is C21H23ClFN5O2S. The number of aromatic nitrogens is 2. The summed E-state index contributed by atoms with van der Waals surface area (Å²) >= 11 is 6.93. The van der Waals surface area contributed by atoms with Crippen LogP contribution in [0.2, 0.25) is 5.02 Å². The van der Waals surface area contributed by atoms with Crippen LogP contribution in [0.1, 0.15) is 25.7 Å². The number of anilines is 2. The van der Waals surface area contributed by atoms with E-state index in [1.165, 1.54) is 23.9 Å². The van der Waals surface area contributed by atoms with Crippen molar-refractivity contribution < 1.29 is 14.0 Å². The highest BCUT2D eigenvalue weighted by atomic mass is 35.5. The molecule has 10 heteroatoms. The van der Waals surface area contributed by atoms with E-state index in [1.54, 1.807) is 6.07 Å². The zero-order valence-electron chi connectivity index (χ0n) is 16.8. The Morgan fingerprint density at radius 3 is 2.74 bits per heavy atom. The summed E-state index contributed by atoms with van der Waals surface area (Å²) in [6.45, 7) is 1.47. The lowest BCUT2D eigenvalue weighted by Gasteiger charge is -2.32. The second kappa shape index (κ2) is 9.82. The first-order valence-corrected chi connectivity index (χ1v) is 11.6. The number of benzene rings is 1. The first-order valence-electron chi connectivity index (χ1n) is 10.2. The summed E-state index contributed by atoms with van der Waals surface area (Å²) in [7, 11) is 0. The summed E-state index contributed by atoms with van der Waals surface area (Å²) < 4.78 is 13.8. The van der Waals surface area contributed by atoms with Crippen molar-refractivity contribution >= 4 is 46.7 Å². The minimum absolute atomic E-state index is 0.0258. The van der Waals surface area contributed by atoms with Gasteiger partial charge in [-0.1, -0.05) is 23.4 Å². The van der Waals surface area contributed by atoms with Crippen molar-refractivity contribution in [3.8, 4) is 0 Å². The Kier molecular flexibility index (Phi) is 6.92. The second-order valence-corrected chi connectivity index (χ2v) is 9.19. The molecule has 2 amide bonds. The molecule has 1 aliphatic heterocycles. The smallest absolute Gasteiger partial charge is 0.234 e. The molecule has 0 spiro atoms. The second-order valence-electron chi connectivity index (χ2n) is 7.76. The van der Waals surface area contributed by atoms with Crippen molar-refractivity contribution in [2.45, 2.75) is 36.8 Å². The molecule has 4 rings (SSSR count). The van der Waals surface area contributed by atoms with Gasteiger partial charge in [0.25, 0.3) is 0 Å². The van der Waals surface area contributed by atoms with Crippen LogP contribution in [0.5, 0.6) is 0 Å². The largest absolute Gasteiger partial charge is 0.354 e. The molecular weight excluding hydrogens is 441 g/mol. The molecule has 2 N–H and O–H groups in total. The summed E-state index contributed by atoms with van der Waals surface area (Å²) in [6, 6.07) is 8.11. The highest BCUT2D eigenvalue weighted by Gasteiger charge is 2.30. The molecule has 1 atom stereocenters. The maximum atomic E-state index is 13.8. The monoisotopic (exact) mass is 463 g/mol. The van der Waals surface area contributed by atoms with Crippen LogP contribution in [0, 0.1) is 11.7 Å². The highest BCUT2D eigenvalue weighted by Crippen LogP contribution is 2.25. The van der Waals surface area contributed by atoms with Crippen molar-refractivity contribution in [1.29, 1.82) is 0 Å². The van der Waals surface area contributed by atoms with E-state index in [1.807, 2.05) is 6.07 Å². The predicted molar refractivity (Wildman–Crippen MR) is 119 cm³/mol. The number of hydrogen-bond donors (Lipinski definition) is 2. The Labute approximate surface area is 189 Å². The van der Waals surface area contributed by atoms with Crippen LogP contribution in [0.15, 0.2) is 35.4 Å². The lowest BCUT2D eigenvalue weighted by atomic mass is 9.97. The number of carbonyl (C=O) groups excluding carboxylic acids is 2. The zero-order valence-corrected chi connectivity index (χ0v) is 18.4. The van der Waals surface area contributed by atoms with Crippen molar-refractivity contribution in [1.82, 2.24) is 15.5 Å². The molecule has 7 nitrogen and oxygen atoms in total. The normalized spacial score (nSPS) is 18.5. The third-order valence-corrected chi connectivity index (χ3v) is 6.38. The Hall–Kier alpha value is -2.39. The van der Waals surface area contributed by atoms with E-state index in [4.69, 9.17) is 11.6 Å². The zero-order chi connectivity index (χ0) is 21.8. The Morgan fingerprint density at radius 1 is 1.19 bits per heavy atom. The number of carbonyl (C=O) groups is 2. The van der Waals surface area contributed by atoms with Crippen LogP contribution in [0.4, 0.5) is 15.9 Å². The Bertz CT molecular complexity index is 957. The number of halogens is 2. The van der Waals surface area contributed by atoms with E-state index in [-0.39, 0.29) is 34.2 Å². The molecule has 2 aromatic rings. The van der Waals surface area contributed by atoms with Crippen molar-refractivity contribution in [3.05, 3.63) is 41.2 Å². The average Bonchev–Trinajstić information content (AvgIpc) is 3.59. The average molecular weight is 464 g/mol. The maximum Gasteiger partial charge on any atom is 0.234 e. The molecule has 2 heterocycles. The van der Waals surface area contributed by atoms with Crippen LogP contribution in [0.25, 0.3) is 0 Å². The van der Waals surface area contributed by atoms with Crippen LogP contribution in [-0.2, 0) is 9.59 Å². The summed E-state index contributed by atoms with van der Waals surface area (Å²) in [4.78, 5) is 26.5. The van der Waals surface area contributed by atoms with Gasteiger partial charge >= 0.3 is 0 Å². The quantitative estimate of drug-likeness (QED) is 0.611. The van der Waals surface area contributed by atoms with Gasteiger partial charge in [0, 0.05) is 24.2 Å². The topological polar surface area (TPSA) is 87.2 Å². The summed E-state index contributed by atoms with van der Waals surface area (Å²) in [5.41, 5.74) is 0.0850. The molecule has 1 aliphatic carbocycles. The Morgan fingerprint density at radius 2 is 2.03 bits per heavy atom. The van der Waals surface area contributed by atoms with E-state index < -0.39 is 5.82 Å². The fourth-order valence-corrected chi connectivity index (χ4v) is 4.19. The minimum atomic E-state index is -0.583. The third kappa shape index (κ3) is 6.07. The molecule has 0 radical (unpaired) electrons. The molecule has 1 aromatic heterocycles. The lowest BCUT2D eigenvalue weighted by molar-refractivity contribution is -0.125. The molecule has 1 unspecified atom stereocenters. The minimum Gasteiger partial charge on any atom is -0.354 e. The summed E-state index contributed by atoms with van der Waals surface area (Å²) in [5.74, 6) is -0.0275. The van der Waals surface area contributed by atoms with Gasteiger partial charge in [-0.15, -0.1) is 10.2 Å². The molecule has 2 fully saturated rings. The highest BCUT2D eigenvalue weighted by molar-refractivity contribution is 7.99. The van der Waals surface area contributed by atoms with Gasteiger partial charge in [0.05, 0.1) is 17.4 Å². The number of nitrogens with one attached hydrogen (secondary N) is 2. The van der Waals surface area contributed by atoms with Crippen LogP contribution >= 0.6 is 23.4 Å². The summed E-state index contributed by atoms with van der Waals surface area (Å²) in [5, 5.41) is 14.9. The van der Waals surface area contributed by atoms with Crippen LogP contribution in [0.3, 0.4) is 0 Å². The number of hydrogen-bond acceptors (Lipinski definition) is 6. The fraction of sp³-hybridized carbons (Fsp3) is 0.429. The van der Waals surface area contributed by atoms with Gasteiger partial charge in [-0.25, -0.2) is 4.39 Å². The fourth-order valence-electron chi connectivity index (χ4n) is 3.42. The van der Waals surface area contributed by atoms with Gasteiger partial charge in [-0.3, -0.25) is 9.59 Å². The number of thioether (sulfide) groups is 1. The number of nitrogens with zero attached hydrogens (tertiary/aromatic N) is 3. The van der Waals surface area contributed by atoms with Gasteiger partial charge in [0.1, 0.15) is 10.8 Å². The maximum absolute atomic E-state index is 13.8. The molecule has 31 heavy (non-hydrogen) atoms. The van der Waals surface area contributed by atoms with Crippen LogP contribution < -0.4 is 15.5 Å². The molecule has 1 saturated carbocycles. The molecule has 0 bridgehead atoms. The van der Waals surface area contributed by atoms with Gasteiger partial charge in [0.2, 0.25) is 11.8 Å². The van der Waals surface area contributed by atoms with Crippen LogP contribution in [-0.4, -0.2) is 46.9 Å². The standard InChI is InChI=1S/C21H23ClFN5O2S/c22-14-3-6-17(16(23)10-14)25-19(29)12-31-20-8-7-18(26-27-20)28-9-1-2-13(11-28)21(30)24-15-4-5-15/h3,6-8,10,13,15H,1-2,4-5,9,11-12H2,(H,24,30)(H,25,29). The van der Waals surface area contributed by atoms with Crippen molar-refractivity contribution in [3.63, 3.8) is 0 Å². The van der Waals surface area contributed by atoms with Gasteiger partial charge in [0.15, 0.2) is 5.82 Å². The van der Waals surface area contributed by atoms with Gasteiger partial charge in [-0.2, -0.15) is 0 Å². The first-order chi connectivity index (χ1) is 15.0. The molecule has 1 saturated heterocycles. The molecule has 1 aromatic carbocycles. The Balaban J connectivity index is 1.27.